The number of hydrogen-bond donors (Lipinski definition) is 0. The molecule has 0 bridgehead atoms. The molecule has 0 saturated carbocycles. The molecule has 0 N–H and O–H groups in total. The maximum atomic E-state index is 12.0. The summed E-state index contributed by atoms with van der Waals surface area (Å²) in [4.78, 5) is 37.6. The average Bonchev–Trinajstić information content (AvgIpc) is 2.67. The van der Waals surface area contributed by atoms with Crippen molar-refractivity contribution in [2.24, 2.45) is 0 Å². The van der Waals surface area contributed by atoms with E-state index in [0.29, 0.717) is 26.3 Å². The summed E-state index contributed by atoms with van der Waals surface area (Å²) in [5, 5.41) is 0. The molecular formula is C11H18N2O5P-. The number of rotatable bonds is 5. The molecule has 2 aliphatic heterocycles. The van der Waals surface area contributed by atoms with E-state index in [-0.39, 0.29) is 43.6 Å². The second kappa shape index (κ2) is 6.13. The Labute approximate surface area is 112 Å². The van der Waals surface area contributed by atoms with Crippen LogP contribution in [0.15, 0.2) is 0 Å². The number of morpholine rings is 1. The van der Waals surface area contributed by atoms with Crippen molar-refractivity contribution >= 4 is 19.2 Å². The summed E-state index contributed by atoms with van der Waals surface area (Å²) in [6.45, 7) is 2.29. The van der Waals surface area contributed by atoms with Gasteiger partial charge < -0.3 is 14.2 Å². The summed E-state index contributed by atoms with van der Waals surface area (Å²) < 4.78 is 17.1. The topological polar surface area (TPSA) is 90.0 Å². The molecular weight excluding hydrogens is 271 g/mol. The van der Waals surface area contributed by atoms with Gasteiger partial charge in [-0.1, -0.05) is 0 Å². The highest BCUT2D eigenvalue weighted by Crippen LogP contribution is 2.36. The zero-order valence-electron chi connectivity index (χ0n) is 10.7. The third-order valence-electron chi connectivity index (χ3n) is 3.34. The van der Waals surface area contributed by atoms with Gasteiger partial charge in [0.2, 0.25) is 11.8 Å². The first-order valence-corrected chi connectivity index (χ1v) is 8.40. The summed E-state index contributed by atoms with van der Waals surface area (Å²) >= 11 is 0. The Bertz CT molecular complexity index is 392. The molecule has 2 saturated heterocycles. The van der Waals surface area contributed by atoms with Gasteiger partial charge in [-0.2, -0.15) is 0 Å². The molecule has 2 fully saturated rings. The molecule has 0 aliphatic carbocycles. The number of ether oxygens (including phenoxy) is 1. The lowest BCUT2D eigenvalue weighted by molar-refractivity contribution is -0.177. The zero-order chi connectivity index (χ0) is 13.9. The van der Waals surface area contributed by atoms with Gasteiger partial charge in [0.25, 0.3) is 0 Å². The van der Waals surface area contributed by atoms with E-state index in [1.807, 2.05) is 4.90 Å². The maximum Gasteiger partial charge on any atom is 0.229 e. The van der Waals surface area contributed by atoms with Crippen molar-refractivity contribution in [3.8, 4) is 0 Å². The molecule has 0 aromatic heterocycles. The van der Waals surface area contributed by atoms with Gasteiger partial charge in [0.1, 0.15) is 0 Å². The highest BCUT2D eigenvalue weighted by molar-refractivity contribution is 7.56. The van der Waals surface area contributed by atoms with Crippen LogP contribution in [-0.2, 0) is 18.9 Å². The van der Waals surface area contributed by atoms with Crippen molar-refractivity contribution in [1.82, 2.24) is 9.80 Å². The normalized spacial score (nSPS) is 24.8. The summed E-state index contributed by atoms with van der Waals surface area (Å²) in [6, 6.07) is 0. The van der Waals surface area contributed by atoms with Gasteiger partial charge in [0.05, 0.1) is 13.2 Å². The number of hydrogen-bond acceptors (Lipinski definition) is 6. The van der Waals surface area contributed by atoms with Crippen molar-refractivity contribution in [2.45, 2.75) is 12.8 Å². The molecule has 108 valence electrons. The molecule has 1 atom stereocenters. The number of imide groups is 1. The standard InChI is InChI=1S/C11H19N2O5P/c14-10-1-2-11(15)13(10)5-8-19(16,17)9-12-3-6-18-7-4-12/h1-9H2,(H,16,17)/p-1. The van der Waals surface area contributed by atoms with Gasteiger partial charge in [-0.3, -0.25) is 19.4 Å². The number of likely N-dealkylation sites (tertiary alicyclic amines) is 1. The van der Waals surface area contributed by atoms with E-state index in [4.69, 9.17) is 4.74 Å². The molecule has 2 amide bonds. The SMILES string of the molecule is O=C1CCC(=O)N1CCP(=O)([O-])CN1CCOCC1. The van der Waals surface area contributed by atoms with Gasteiger partial charge in [-0.25, -0.2) is 0 Å². The second-order valence-corrected chi connectivity index (χ2v) is 7.21. The first-order chi connectivity index (χ1) is 8.98. The average molecular weight is 289 g/mol. The Morgan fingerprint density at radius 1 is 1.16 bits per heavy atom. The van der Waals surface area contributed by atoms with Crippen LogP contribution in [0.4, 0.5) is 0 Å². The molecule has 19 heavy (non-hydrogen) atoms. The zero-order valence-corrected chi connectivity index (χ0v) is 11.6. The monoisotopic (exact) mass is 289 g/mol. The smallest absolute Gasteiger partial charge is 0.229 e. The third kappa shape index (κ3) is 4.11. The number of amides is 2. The van der Waals surface area contributed by atoms with Crippen LogP contribution in [0.1, 0.15) is 12.8 Å². The van der Waals surface area contributed by atoms with Crippen molar-refractivity contribution < 1.29 is 23.8 Å². The molecule has 2 aliphatic rings. The van der Waals surface area contributed by atoms with Gasteiger partial charge in [-0.05, 0) is 0 Å². The van der Waals surface area contributed by atoms with E-state index < -0.39 is 7.37 Å². The molecule has 1 unspecified atom stereocenters. The molecule has 7 nitrogen and oxygen atoms in total. The maximum absolute atomic E-state index is 12.0. The van der Waals surface area contributed by atoms with Crippen LogP contribution in [0, 0.1) is 0 Å². The van der Waals surface area contributed by atoms with Crippen LogP contribution >= 0.6 is 7.37 Å². The molecule has 0 radical (unpaired) electrons. The minimum atomic E-state index is -3.59. The molecule has 8 heteroatoms. The van der Waals surface area contributed by atoms with Gasteiger partial charge in [0.15, 0.2) is 0 Å². The fourth-order valence-corrected chi connectivity index (χ4v) is 3.78. The highest BCUT2D eigenvalue weighted by atomic mass is 31.2. The van der Waals surface area contributed by atoms with Gasteiger partial charge >= 0.3 is 0 Å². The van der Waals surface area contributed by atoms with E-state index in [9.17, 15) is 19.0 Å². The fourth-order valence-electron chi connectivity index (χ4n) is 2.24. The fraction of sp³-hybridized carbons (Fsp3) is 0.818. The van der Waals surface area contributed by atoms with Crippen LogP contribution in [0.2, 0.25) is 0 Å². The Morgan fingerprint density at radius 3 is 2.32 bits per heavy atom. The lowest BCUT2D eigenvalue weighted by Gasteiger charge is -2.34. The largest absolute Gasteiger partial charge is 0.798 e. The summed E-state index contributed by atoms with van der Waals surface area (Å²) in [5.41, 5.74) is 0. The highest BCUT2D eigenvalue weighted by Gasteiger charge is 2.29. The minimum Gasteiger partial charge on any atom is -0.798 e. The summed E-state index contributed by atoms with van der Waals surface area (Å²) in [5.74, 6) is -0.534. The molecule has 2 rings (SSSR count). The van der Waals surface area contributed by atoms with Crippen LogP contribution in [-0.4, -0.2) is 66.9 Å². The van der Waals surface area contributed by atoms with Crippen molar-refractivity contribution in [1.29, 1.82) is 0 Å². The van der Waals surface area contributed by atoms with E-state index in [1.54, 1.807) is 0 Å². The summed E-state index contributed by atoms with van der Waals surface area (Å²) in [7, 11) is -3.59. The predicted molar refractivity (Wildman–Crippen MR) is 65.7 cm³/mol. The van der Waals surface area contributed by atoms with E-state index in [1.165, 1.54) is 0 Å². The van der Waals surface area contributed by atoms with Crippen LogP contribution in [0.25, 0.3) is 0 Å². The van der Waals surface area contributed by atoms with E-state index >= 15 is 0 Å². The van der Waals surface area contributed by atoms with Crippen molar-refractivity contribution in [2.75, 3.05) is 45.3 Å². The summed E-state index contributed by atoms with van der Waals surface area (Å²) in [6.07, 6.45) is 0.255. The Morgan fingerprint density at radius 2 is 1.74 bits per heavy atom. The Balaban J connectivity index is 1.81. The van der Waals surface area contributed by atoms with Gasteiger partial charge in [-0.15, -0.1) is 0 Å². The minimum absolute atomic E-state index is 0.00736. The van der Waals surface area contributed by atoms with Crippen molar-refractivity contribution in [3.05, 3.63) is 0 Å². The van der Waals surface area contributed by atoms with E-state index in [2.05, 4.69) is 0 Å². The number of carbonyl (C=O) groups excluding carboxylic acids is 2. The number of carbonyl (C=O) groups is 2. The molecule has 0 aromatic rings. The second-order valence-electron chi connectivity index (χ2n) is 4.85. The van der Waals surface area contributed by atoms with Crippen LogP contribution in [0.5, 0.6) is 0 Å². The third-order valence-corrected chi connectivity index (χ3v) is 5.05. The lowest BCUT2D eigenvalue weighted by Crippen LogP contribution is -2.39. The first-order valence-electron chi connectivity index (χ1n) is 6.40. The predicted octanol–water partition coefficient (Wildman–Crippen LogP) is -0.936. The Hall–Kier alpha value is -0.750. The lowest BCUT2D eigenvalue weighted by atomic mass is 10.4. The first kappa shape index (κ1) is 14.7. The number of nitrogens with zero attached hydrogens (tertiary/aromatic N) is 2. The molecule has 0 aromatic carbocycles. The van der Waals surface area contributed by atoms with E-state index in [0.717, 1.165) is 4.90 Å². The van der Waals surface area contributed by atoms with Crippen LogP contribution in [0.3, 0.4) is 0 Å². The molecule has 2 heterocycles. The van der Waals surface area contributed by atoms with Crippen molar-refractivity contribution in [3.63, 3.8) is 0 Å². The van der Waals surface area contributed by atoms with Gasteiger partial charge in [0, 0.05) is 52.3 Å². The Kier molecular flexibility index (Phi) is 4.73. The molecule has 0 spiro atoms. The van der Waals surface area contributed by atoms with Crippen LogP contribution < -0.4 is 4.89 Å². The quantitative estimate of drug-likeness (QED) is 0.479.